The zero-order valence-corrected chi connectivity index (χ0v) is 4.15. The number of aromatic amines is 1. The van der Waals surface area contributed by atoms with Crippen LogP contribution in [0.1, 0.15) is 0 Å². The second-order valence-corrected chi connectivity index (χ2v) is 0.974. The van der Waals surface area contributed by atoms with Crippen LogP contribution < -0.4 is 0 Å². The number of hydrogen-bond donors (Lipinski definition) is 1. The summed E-state index contributed by atoms with van der Waals surface area (Å²) in [5.41, 5.74) is 13.5. The van der Waals surface area contributed by atoms with Gasteiger partial charge in [-0.15, -0.1) is 0 Å². The Bertz CT molecular complexity index is 120. The fourth-order valence-electron chi connectivity index (χ4n) is 0.278. The van der Waals surface area contributed by atoms with Crippen molar-refractivity contribution in [1.29, 1.82) is 0 Å². The third kappa shape index (κ3) is 4.59. The summed E-state index contributed by atoms with van der Waals surface area (Å²) in [7, 11) is 0. The third-order valence-electron chi connectivity index (χ3n) is 0.496. The summed E-state index contributed by atoms with van der Waals surface area (Å²) in [4.78, 5) is 4.36. The SMILES string of the molecule is [N-]=[N+]=[N-].c1cc[nH]c1. The van der Waals surface area contributed by atoms with E-state index in [-0.39, 0.29) is 0 Å². The van der Waals surface area contributed by atoms with Gasteiger partial charge in [0, 0.05) is 12.4 Å². The highest BCUT2D eigenvalue weighted by atomic mass is 15.0. The Labute approximate surface area is 46.6 Å². The summed E-state index contributed by atoms with van der Waals surface area (Å²) < 4.78 is 0. The second kappa shape index (κ2) is 5.59. The smallest absolute Gasteiger partial charge is 0.000496 e. The van der Waals surface area contributed by atoms with Gasteiger partial charge in [-0.2, -0.15) is 0 Å². The maximum Gasteiger partial charge on any atom is 0.000496 e. The summed E-state index contributed by atoms with van der Waals surface area (Å²) in [6.07, 6.45) is 3.75. The van der Waals surface area contributed by atoms with E-state index in [4.69, 9.17) is 11.1 Å². The van der Waals surface area contributed by atoms with Crippen LogP contribution in [0.5, 0.6) is 0 Å². The molecule has 1 N–H and O–H groups in total. The number of hydrogen-bond acceptors (Lipinski definition) is 0. The average molecular weight is 109 g/mol. The van der Waals surface area contributed by atoms with Crippen molar-refractivity contribution in [1.82, 2.24) is 4.98 Å². The average Bonchev–Trinajstić information content (AvgIpc) is 2.17. The molecule has 8 heavy (non-hydrogen) atoms. The Kier molecular flexibility index (Phi) is 4.60. The Morgan fingerprint density at radius 1 is 1.12 bits per heavy atom. The monoisotopic (exact) mass is 109 g/mol. The molecule has 4 nitrogen and oxygen atoms in total. The van der Waals surface area contributed by atoms with Crippen LogP contribution in [0.2, 0.25) is 0 Å². The lowest BCUT2D eigenvalue weighted by Crippen LogP contribution is -1.38. The summed E-state index contributed by atoms with van der Waals surface area (Å²) >= 11 is 0. The molecule has 0 aliphatic rings. The highest BCUT2D eigenvalue weighted by Crippen LogP contribution is 1.72. The van der Waals surface area contributed by atoms with Gasteiger partial charge in [0.15, 0.2) is 0 Å². The van der Waals surface area contributed by atoms with Crippen LogP contribution >= 0.6 is 0 Å². The lowest BCUT2D eigenvalue weighted by molar-refractivity contribution is 1.42. The van der Waals surface area contributed by atoms with Crippen LogP contribution in [0.3, 0.4) is 0 Å². The number of nitrogens with one attached hydrogen (secondary N) is 1. The Balaban J connectivity index is 0.000000145. The molecule has 42 valence electrons. The quantitative estimate of drug-likeness (QED) is 0.300. The van der Waals surface area contributed by atoms with Gasteiger partial charge >= 0.3 is 0 Å². The van der Waals surface area contributed by atoms with Gasteiger partial charge in [0.05, 0.1) is 0 Å². The number of rotatable bonds is 0. The van der Waals surface area contributed by atoms with Crippen molar-refractivity contribution in [3.63, 3.8) is 0 Å². The first-order valence-corrected chi connectivity index (χ1v) is 1.98. The van der Waals surface area contributed by atoms with E-state index < -0.39 is 0 Å². The molecule has 0 atom stereocenters. The van der Waals surface area contributed by atoms with E-state index in [0.717, 1.165) is 0 Å². The molecule has 0 fully saturated rings. The predicted octanol–water partition coefficient (Wildman–Crippen LogP) is 1.88. The van der Waals surface area contributed by atoms with Gasteiger partial charge in [0.2, 0.25) is 0 Å². The molecule has 0 aliphatic carbocycles. The highest BCUT2D eigenvalue weighted by Gasteiger charge is 1.55. The lowest BCUT2D eigenvalue weighted by atomic mass is 10.7. The van der Waals surface area contributed by atoms with Crippen LogP contribution in [0.15, 0.2) is 24.5 Å². The summed E-state index contributed by atoms with van der Waals surface area (Å²) in [5, 5.41) is 0. The van der Waals surface area contributed by atoms with Crippen LogP contribution in [0, 0.1) is 0 Å². The summed E-state index contributed by atoms with van der Waals surface area (Å²) in [5.74, 6) is 0. The molecule has 0 amide bonds. The maximum absolute atomic E-state index is 6.75. The molecule has 1 aromatic heterocycles. The lowest BCUT2D eigenvalue weighted by Gasteiger charge is -1.49. The minimum atomic E-state index is 1.50. The minimum Gasteiger partial charge on any atom is -0.373 e. The van der Waals surface area contributed by atoms with Gasteiger partial charge in [-0.3, -0.25) is 4.91 Å². The fraction of sp³-hybridized carbons (Fsp3) is 0. The van der Waals surface area contributed by atoms with Gasteiger partial charge in [-0.1, -0.05) is 0 Å². The minimum absolute atomic E-state index is 1.50. The van der Waals surface area contributed by atoms with E-state index in [1.54, 1.807) is 0 Å². The summed E-state index contributed by atoms with van der Waals surface area (Å²) in [6, 6.07) is 3.89. The molecular weight excluding hydrogens is 104 g/mol. The molecule has 0 unspecified atom stereocenters. The van der Waals surface area contributed by atoms with Gasteiger partial charge in [0.1, 0.15) is 0 Å². The Morgan fingerprint density at radius 3 is 1.62 bits per heavy atom. The van der Waals surface area contributed by atoms with Gasteiger partial charge in [-0.05, 0) is 12.1 Å². The van der Waals surface area contributed by atoms with Gasteiger partial charge < -0.3 is 16.0 Å². The molecular formula is C4H5N4-. The molecule has 0 spiro atoms. The van der Waals surface area contributed by atoms with E-state index in [9.17, 15) is 0 Å². The summed E-state index contributed by atoms with van der Waals surface area (Å²) in [6.45, 7) is 0. The van der Waals surface area contributed by atoms with Crippen molar-refractivity contribution < 1.29 is 0 Å². The van der Waals surface area contributed by atoms with Crippen molar-refractivity contribution in [2.24, 2.45) is 0 Å². The molecule has 0 saturated heterocycles. The van der Waals surface area contributed by atoms with Crippen LogP contribution in [-0.4, -0.2) is 4.98 Å². The largest absolute Gasteiger partial charge is 0.373 e. The van der Waals surface area contributed by atoms with E-state index in [2.05, 4.69) is 4.98 Å². The molecule has 1 rings (SSSR count). The standard InChI is InChI=1S/C4H5N.N3/c1-2-4-5-3-1;1-3-2/h1-5H;/q;-1. The Hall–Kier alpha value is -1.41. The van der Waals surface area contributed by atoms with Crippen molar-refractivity contribution in [3.8, 4) is 0 Å². The number of nitrogens with zero attached hydrogens (tertiary/aromatic N) is 3. The van der Waals surface area contributed by atoms with Crippen molar-refractivity contribution in [2.75, 3.05) is 0 Å². The van der Waals surface area contributed by atoms with Crippen LogP contribution in [-0.2, 0) is 0 Å². The number of H-pyrrole nitrogens is 1. The predicted molar refractivity (Wildman–Crippen MR) is 30.9 cm³/mol. The maximum atomic E-state index is 6.75. The molecule has 0 bridgehead atoms. The number of aromatic nitrogens is 1. The molecule has 1 aromatic rings. The normalized spacial score (nSPS) is 6.00. The van der Waals surface area contributed by atoms with Crippen molar-refractivity contribution in [3.05, 3.63) is 40.5 Å². The second-order valence-electron chi connectivity index (χ2n) is 0.974. The van der Waals surface area contributed by atoms with E-state index in [1.165, 1.54) is 4.91 Å². The topological polar surface area (TPSA) is 74.5 Å². The molecule has 4 heteroatoms. The first-order chi connectivity index (χ1) is 3.91. The molecule has 0 aromatic carbocycles. The molecule has 1 heterocycles. The van der Waals surface area contributed by atoms with E-state index >= 15 is 0 Å². The van der Waals surface area contributed by atoms with Crippen molar-refractivity contribution in [2.45, 2.75) is 0 Å². The zero-order chi connectivity index (χ0) is 6.24. The third-order valence-corrected chi connectivity index (χ3v) is 0.496. The van der Waals surface area contributed by atoms with Crippen molar-refractivity contribution >= 4 is 0 Å². The highest BCUT2D eigenvalue weighted by molar-refractivity contribution is 4.84. The Morgan fingerprint density at radius 2 is 1.50 bits per heavy atom. The molecule has 0 radical (unpaired) electrons. The zero-order valence-electron chi connectivity index (χ0n) is 4.15. The first-order valence-electron chi connectivity index (χ1n) is 1.98. The van der Waals surface area contributed by atoms with E-state index in [1.807, 2.05) is 24.5 Å². The first kappa shape index (κ1) is 6.59. The van der Waals surface area contributed by atoms with Gasteiger partial charge in [-0.25, -0.2) is 0 Å². The van der Waals surface area contributed by atoms with Crippen LogP contribution in [0.4, 0.5) is 0 Å². The molecule has 0 aliphatic heterocycles. The fourth-order valence-corrected chi connectivity index (χ4v) is 0.278. The molecule has 0 saturated carbocycles. The van der Waals surface area contributed by atoms with Gasteiger partial charge in [0.25, 0.3) is 0 Å². The van der Waals surface area contributed by atoms with E-state index in [0.29, 0.717) is 0 Å². The van der Waals surface area contributed by atoms with Crippen LogP contribution in [0.25, 0.3) is 16.0 Å².